The lowest BCUT2D eigenvalue weighted by Crippen LogP contribution is -2.35. The molecule has 1 aliphatic rings. The molecule has 1 fully saturated rings. The summed E-state index contributed by atoms with van der Waals surface area (Å²) in [5, 5.41) is 2.82. The van der Waals surface area contributed by atoms with Crippen LogP contribution >= 0.6 is 0 Å². The predicted octanol–water partition coefficient (Wildman–Crippen LogP) is 1.33. The Morgan fingerprint density at radius 2 is 2.46 bits per heavy atom. The molecule has 0 saturated carbocycles. The third kappa shape index (κ3) is 4.27. The Morgan fingerprint density at radius 1 is 1.62 bits per heavy atom. The Kier molecular flexibility index (Phi) is 4.83. The highest BCUT2D eigenvalue weighted by molar-refractivity contribution is 5.76. The molecule has 1 N–H and O–H groups in total. The summed E-state index contributed by atoms with van der Waals surface area (Å²) in [4.78, 5) is 11.0. The van der Waals surface area contributed by atoms with Crippen molar-refractivity contribution in [1.82, 2.24) is 5.32 Å². The van der Waals surface area contributed by atoms with Crippen LogP contribution in [-0.4, -0.2) is 25.7 Å². The summed E-state index contributed by atoms with van der Waals surface area (Å²) < 4.78 is 5.48. The lowest BCUT2D eigenvalue weighted by molar-refractivity contribution is -0.124. The van der Waals surface area contributed by atoms with Crippen molar-refractivity contribution in [3.8, 4) is 0 Å². The molecule has 76 valence electrons. The first-order valence-corrected chi connectivity index (χ1v) is 5.17. The molecular weight excluding hydrogens is 166 g/mol. The van der Waals surface area contributed by atoms with E-state index in [1.54, 1.807) is 0 Å². The van der Waals surface area contributed by atoms with Gasteiger partial charge in [-0.25, -0.2) is 0 Å². The molecule has 0 aromatic rings. The summed E-state index contributed by atoms with van der Waals surface area (Å²) >= 11 is 0. The number of nitrogens with one attached hydrogen (secondary N) is 1. The molecule has 0 aliphatic carbocycles. The van der Waals surface area contributed by atoms with Crippen LogP contribution in [0.4, 0.5) is 0 Å². The maximum absolute atomic E-state index is 11.0. The van der Waals surface area contributed by atoms with Crippen molar-refractivity contribution in [2.75, 3.05) is 19.8 Å². The minimum absolute atomic E-state index is 0.176. The van der Waals surface area contributed by atoms with Crippen molar-refractivity contribution in [3.05, 3.63) is 0 Å². The average molecular weight is 185 g/mol. The van der Waals surface area contributed by atoms with Gasteiger partial charge < -0.3 is 10.1 Å². The van der Waals surface area contributed by atoms with Crippen LogP contribution in [0.1, 0.15) is 32.6 Å². The van der Waals surface area contributed by atoms with Gasteiger partial charge >= 0.3 is 0 Å². The minimum Gasteiger partial charge on any atom is -0.381 e. The zero-order valence-corrected chi connectivity index (χ0v) is 8.34. The molecule has 1 rings (SSSR count). The van der Waals surface area contributed by atoms with Crippen molar-refractivity contribution in [2.45, 2.75) is 32.6 Å². The van der Waals surface area contributed by atoms with E-state index < -0.39 is 0 Å². The van der Waals surface area contributed by atoms with E-state index in [0.717, 1.165) is 32.6 Å². The van der Waals surface area contributed by atoms with Crippen molar-refractivity contribution in [3.63, 3.8) is 0 Å². The normalized spacial score (nSPS) is 22.8. The maximum atomic E-state index is 11.0. The number of hydrogen-bond donors (Lipinski definition) is 1. The third-order valence-electron chi connectivity index (χ3n) is 2.34. The molecule has 1 saturated heterocycles. The number of ether oxygens (including phenoxy) is 1. The fourth-order valence-corrected chi connectivity index (χ4v) is 1.49. The van der Waals surface area contributed by atoms with Crippen LogP contribution in [0.3, 0.4) is 0 Å². The minimum atomic E-state index is 0.176. The zero-order chi connectivity index (χ0) is 9.52. The van der Waals surface area contributed by atoms with Crippen molar-refractivity contribution < 1.29 is 9.53 Å². The number of amides is 1. The molecule has 1 amide bonds. The first kappa shape index (κ1) is 10.5. The first-order valence-electron chi connectivity index (χ1n) is 5.17. The Bertz CT molecular complexity index is 159. The summed E-state index contributed by atoms with van der Waals surface area (Å²) in [7, 11) is 0. The molecular formula is C10H19NO2. The van der Waals surface area contributed by atoms with Gasteiger partial charge in [-0.3, -0.25) is 4.79 Å². The first-order chi connectivity index (χ1) is 6.33. The standard InChI is InChI=1S/C10H19NO2/c1-2-3-6-13-8-9-4-5-11-10(12)7-9/h9H,2-8H2,1H3,(H,11,12). The molecule has 0 aromatic carbocycles. The summed E-state index contributed by atoms with van der Waals surface area (Å²) in [6.07, 6.45) is 4.01. The van der Waals surface area contributed by atoms with Crippen LogP contribution < -0.4 is 5.32 Å². The van der Waals surface area contributed by atoms with Gasteiger partial charge in [0.25, 0.3) is 0 Å². The molecule has 0 spiro atoms. The Hall–Kier alpha value is -0.570. The van der Waals surface area contributed by atoms with E-state index in [1.807, 2.05) is 0 Å². The number of carbonyl (C=O) groups is 1. The van der Waals surface area contributed by atoms with Gasteiger partial charge in [0.1, 0.15) is 0 Å². The fourth-order valence-electron chi connectivity index (χ4n) is 1.49. The van der Waals surface area contributed by atoms with E-state index >= 15 is 0 Å². The monoisotopic (exact) mass is 185 g/mol. The molecule has 1 atom stereocenters. The SMILES string of the molecule is CCCCOCC1CCNC(=O)C1. The van der Waals surface area contributed by atoms with Crippen molar-refractivity contribution >= 4 is 5.91 Å². The summed E-state index contributed by atoms with van der Waals surface area (Å²) in [5.74, 6) is 0.626. The number of hydrogen-bond acceptors (Lipinski definition) is 2. The third-order valence-corrected chi connectivity index (χ3v) is 2.34. The van der Waals surface area contributed by atoms with Gasteiger partial charge in [-0.1, -0.05) is 13.3 Å². The highest BCUT2D eigenvalue weighted by Crippen LogP contribution is 2.12. The Labute approximate surface area is 79.8 Å². The van der Waals surface area contributed by atoms with Crippen LogP contribution in [0, 0.1) is 5.92 Å². The summed E-state index contributed by atoms with van der Waals surface area (Å²) in [6.45, 7) is 4.57. The van der Waals surface area contributed by atoms with Crippen LogP contribution in [0.5, 0.6) is 0 Å². The van der Waals surface area contributed by atoms with Crippen molar-refractivity contribution in [1.29, 1.82) is 0 Å². The largest absolute Gasteiger partial charge is 0.381 e. The second kappa shape index (κ2) is 5.97. The second-order valence-corrected chi connectivity index (χ2v) is 3.64. The molecule has 1 heterocycles. The zero-order valence-electron chi connectivity index (χ0n) is 8.34. The van der Waals surface area contributed by atoms with E-state index in [9.17, 15) is 4.79 Å². The number of piperidine rings is 1. The Morgan fingerprint density at radius 3 is 3.15 bits per heavy atom. The molecule has 0 aromatic heterocycles. The van der Waals surface area contributed by atoms with E-state index in [0.29, 0.717) is 12.3 Å². The van der Waals surface area contributed by atoms with Crippen LogP contribution in [0.25, 0.3) is 0 Å². The molecule has 1 unspecified atom stereocenters. The highest BCUT2D eigenvalue weighted by atomic mass is 16.5. The number of unbranched alkanes of at least 4 members (excludes halogenated alkanes) is 1. The quantitative estimate of drug-likeness (QED) is 0.656. The highest BCUT2D eigenvalue weighted by Gasteiger charge is 2.18. The van der Waals surface area contributed by atoms with E-state index in [4.69, 9.17) is 4.74 Å². The van der Waals surface area contributed by atoms with Crippen molar-refractivity contribution in [2.24, 2.45) is 5.92 Å². The molecule has 0 radical (unpaired) electrons. The van der Waals surface area contributed by atoms with E-state index in [-0.39, 0.29) is 5.91 Å². The van der Waals surface area contributed by atoms with E-state index in [2.05, 4.69) is 12.2 Å². The van der Waals surface area contributed by atoms with Gasteiger partial charge in [0.05, 0.1) is 0 Å². The Balaban J connectivity index is 2.03. The van der Waals surface area contributed by atoms with Crippen LogP contribution in [0.2, 0.25) is 0 Å². The maximum Gasteiger partial charge on any atom is 0.220 e. The molecule has 0 bridgehead atoms. The smallest absolute Gasteiger partial charge is 0.220 e. The molecule has 1 aliphatic heterocycles. The van der Waals surface area contributed by atoms with Crippen LogP contribution in [-0.2, 0) is 9.53 Å². The van der Waals surface area contributed by atoms with E-state index in [1.165, 1.54) is 6.42 Å². The predicted molar refractivity (Wildman–Crippen MR) is 51.5 cm³/mol. The fraction of sp³-hybridized carbons (Fsp3) is 0.900. The number of carbonyl (C=O) groups excluding carboxylic acids is 1. The van der Waals surface area contributed by atoms with Gasteiger partial charge in [0.2, 0.25) is 5.91 Å². The lowest BCUT2D eigenvalue weighted by atomic mass is 9.99. The van der Waals surface area contributed by atoms with Gasteiger partial charge in [-0.05, 0) is 18.8 Å². The lowest BCUT2D eigenvalue weighted by Gasteiger charge is -2.21. The van der Waals surface area contributed by atoms with Crippen LogP contribution in [0.15, 0.2) is 0 Å². The molecule has 3 nitrogen and oxygen atoms in total. The second-order valence-electron chi connectivity index (χ2n) is 3.64. The number of rotatable bonds is 5. The van der Waals surface area contributed by atoms with Gasteiger partial charge in [0.15, 0.2) is 0 Å². The average Bonchev–Trinajstić information content (AvgIpc) is 2.13. The molecule has 3 heteroatoms. The topological polar surface area (TPSA) is 38.3 Å². The van der Waals surface area contributed by atoms with Gasteiger partial charge in [-0.15, -0.1) is 0 Å². The van der Waals surface area contributed by atoms with Gasteiger partial charge in [0, 0.05) is 26.2 Å². The summed E-state index contributed by atoms with van der Waals surface area (Å²) in [5.41, 5.74) is 0. The summed E-state index contributed by atoms with van der Waals surface area (Å²) in [6, 6.07) is 0. The van der Waals surface area contributed by atoms with Gasteiger partial charge in [-0.2, -0.15) is 0 Å². The molecule has 13 heavy (non-hydrogen) atoms.